The van der Waals surface area contributed by atoms with Gasteiger partial charge in [0, 0.05) is 17.2 Å². The van der Waals surface area contributed by atoms with Gasteiger partial charge in [-0.05, 0) is 51.9 Å². The van der Waals surface area contributed by atoms with E-state index in [0.29, 0.717) is 11.3 Å². The van der Waals surface area contributed by atoms with Crippen LogP contribution < -0.4 is 4.74 Å². The SMILES string of the molecule is COc1ccc(C(O)C(C)(C)N2CCCCC2)c(F)c1. The van der Waals surface area contributed by atoms with E-state index in [-0.39, 0.29) is 0 Å². The summed E-state index contributed by atoms with van der Waals surface area (Å²) in [6, 6.07) is 4.63. The van der Waals surface area contributed by atoms with Gasteiger partial charge < -0.3 is 9.84 Å². The van der Waals surface area contributed by atoms with Crippen LogP contribution in [0.25, 0.3) is 0 Å². The molecular weight excluding hydrogens is 257 g/mol. The van der Waals surface area contributed by atoms with Gasteiger partial charge in [-0.2, -0.15) is 0 Å². The number of methoxy groups -OCH3 is 1. The molecule has 0 spiro atoms. The molecule has 1 aromatic carbocycles. The van der Waals surface area contributed by atoms with Crippen molar-refractivity contribution in [2.24, 2.45) is 0 Å². The van der Waals surface area contributed by atoms with Crippen molar-refractivity contribution in [1.29, 1.82) is 0 Å². The third kappa shape index (κ3) is 2.96. The third-order valence-electron chi connectivity index (χ3n) is 4.34. The fourth-order valence-electron chi connectivity index (χ4n) is 2.88. The number of benzene rings is 1. The smallest absolute Gasteiger partial charge is 0.132 e. The number of hydrogen-bond acceptors (Lipinski definition) is 3. The average molecular weight is 281 g/mol. The van der Waals surface area contributed by atoms with Crippen LogP contribution in [0.15, 0.2) is 18.2 Å². The zero-order valence-corrected chi connectivity index (χ0v) is 12.5. The second-order valence-electron chi connectivity index (χ2n) is 5.99. The predicted molar refractivity (Wildman–Crippen MR) is 77.4 cm³/mol. The lowest BCUT2D eigenvalue weighted by Crippen LogP contribution is -2.50. The van der Waals surface area contributed by atoms with Gasteiger partial charge >= 0.3 is 0 Å². The summed E-state index contributed by atoms with van der Waals surface area (Å²) in [4.78, 5) is 2.25. The van der Waals surface area contributed by atoms with Crippen LogP contribution in [0.2, 0.25) is 0 Å². The number of nitrogens with zero attached hydrogens (tertiary/aromatic N) is 1. The maximum absolute atomic E-state index is 14.1. The lowest BCUT2D eigenvalue weighted by molar-refractivity contribution is -0.0225. The summed E-state index contributed by atoms with van der Waals surface area (Å²) in [7, 11) is 1.50. The van der Waals surface area contributed by atoms with Crippen molar-refractivity contribution in [3.8, 4) is 5.75 Å². The molecule has 20 heavy (non-hydrogen) atoms. The van der Waals surface area contributed by atoms with Crippen molar-refractivity contribution >= 4 is 0 Å². The topological polar surface area (TPSA) is 32.7 Å². The van der Waals surface area contributed by atoms with Gasteiger partial charge in [0.25, 0.3) is 0 Å². The number of aliphatic hydroxyl groups excluding tert-OH is 1. The average Bonchev–Trinajstić information content (AvgIpc) is 2.47. The lowest BCUT2D eigenvalue weighted by Gasteiger charge is -2.44. The molecular formula is C16H24FNO2. The molecule has 0 bridgehead atoms. The minimum Gasteiger partial charge on any atom is -0.497 e. The van der Waals surface area contributed by atoms with E-state index in [4.69, 9.17) is 4.74 Å². The van der Waals surface area contributed by atoms with Crippen LogP contribution in [0.3, 0.4) is 0 Å². The van der Waals surface area contributed by atoms with Crippen LogP contribution in [0.1, 0.15) is 44.8 Å². The zero-order valence-electron chi connectivity index (χ0n) is 12.5. The molecule has 0 aliphatic carbocycles. The predicted octanol–water partition coefficient (Wildman–Crippen LogP) is 3.13. The summed E-state index contributed by atoms with van der Waals surface area (Å²) < 4.78 is 19.1. The van der Waals surface area contributed by atoms with E-state index in [1.165, 1.54) is 19.6 Å². The highest BCUT2D eigenvalue weighted by molar-refractivity contribution is 5.31. The summed E-state index contributed by atoms with van der Waals surface area (Å²) in [6.07, 6.45) is 2.66. The van der Waals surface area contributed by atoms with Crippen LogP contribution in [0, 0.1) is 5.82 Å². The minimum absolute atomic E-state index is 0.335. The normalized spacial score (nSPS) is 18.9. The minimum atomic E-state index is -0.855. The molecule has 0 saturated carbocycles. The molecule has 1 atom stereocenters. The van der Waals surface area contributed by atoms with Gasteiger partial charge in [-0.15, -0.1) is 0 Å². The molecule has 1 aliphatic rings. The summed E-state index contributed by atoms with van der Waals surface area (Å²) >= 11 is 0. The molecule has 112 valence electrons. The summed E-state index contributed by atoms with van der Waals surface area (Å²) in [5, 5.41) is 10.6. The van der Waals surface area contributed by atoms with Crippen molar-refractivity contribution in [2.45, 2.75) is 44.8 Å². The highest BCUT2D eigenvalue weighted by Gasteiger charge is 2.37. The maximum Gasteiger partial charge on any atom is 0.132 e. The quantitative estimate of drug-likeness (QED) is 0.920. The fourth-order valence-corrected chi connectivity index (χ4v) is 2.88. The molecule has 3 nitrogen and oxygen atoms in total. The molecule has 1 fully saturated rings. The number of hydrogen-bond donors (Lipinski definition) is 1. The number of piperidine rings is 1. The first-order chi connectivity index (χ1) is 9.46. The van der Waals surface area contributed by atoms with Crippen molar-refractivity contribution < 1.29 is 14.2 Å². The number of rotatable bonds is 4. The van der Waals surface area contributed by atoms with Crippen molar-refractivity contribution in [3.63, 3.8) is 0 Å². The van der Waals surface area contributed by atoms with Crippen molar-refractivity contribution in [2.75, 3.05) is 20.2 Å². The van der Waals surface area contributed by atoms with E-state index in [0.717, 1.165) is 25.9 Å². The number of ether oxygens (including phenoxy) is 1. The highest BCUT2D eigenvalue weighted by atomic mass is 19.1. The summed E-state index contributed by atoms with van der Waals surface area (Å²) in [5.41, 5.74) is -0.142. The Morgan fingerprint density at radius 2 is 1.90 bits per heavy atom. The van der Waals surface area contributed by atoms with Gasteiger partial charge in [-0.1, -0.05) is 6.42 Å². The summed E-state index contributed by atoms with van der Waals surface area (Å²) in [6.45, 7) is 5.88. The first-order valence-electron chi connectivity index (χ1n) is 7.23. The Labute approximate surface area is 120 Å². The number of aliphatic hydroxyl groups is 1. The first kappa shape index (κ1) is 15.3. The maximum atomic E-state index is 14.1. The molecule has 1 N–H and O–H groups in total. The van der Waals surface area contributed by atoms with Gasteiger partial charge in [-0.25, -0.2) is 4.39 Å². The third-order valence-corrected chi connectivity index (χ3v) is 4.34. The van der Waals surface area contributed by atoms with Gasteiger partial charge in [0.15, 0.2) is 0 Å². The monoisotopic (exact) mass is 281 g/mol. The molecule has 0 amide bonds. The first-order valence-corrected chi connectivity index (χ1v) is 7.23. The number of halogens is 1. The fraction of sp³-hybridized carbons (Fsp3) is 0.625. The Kier molecular flexibility index (Phi) is 4.66. The van der Waals surface area contributed by atoms with Gasteiger partial charge in [0.2, 0.25) is 0 Å². The molecule has 1 aliphatic heterocycles. The zero-order chi connectivity index (χ0) is 14.8. The van der Waals surface area contributed by atoms with E-state index in [9.17, 15) is 9.50 Å². The van der Waals surface area contributed by atoms with Crippen LogP contribution in [-0.2, 0) is 0 Å². The lowest BCUT2D eigenvalue weighted by atomic mass is 9.87. The molecule has 1 saturated heterocycles. The van der Waals surface area contributed by atoms with Crippen molar-refractivity contribution in [1.82, 2.24) is 4.90 Å². The Balaban J connectivity index is 2.22. The van der Waals surface area contributed by atoms with Crippen LogP contribution in [-0.4, -0.2) is 35.7 Å². The van der Waals surface area contributed by atoms with Gasteiger partial charge in [0.1, 0.15) is 11.6 Å². The number of likely N-dealkylation sites (tertiary alicyclic amines) is 1. The van der Waals surface area contributed by atoms with Crippen LogP contribution in [0.4, 0.5) is 4.39 Å². The van der Waals surface area contributed by atoms with Crippen LogP contribution in [0.5, 0.6) is 5.75 Å². The Hall–Kier alpha value is -1.13. The standard InChI is InChI=1S/C16H24FNO2/c1-16(2,18-9-5-4-6-10-18)15(19)13-8-7-12(20-3)11-14(13)17/h7-8,11,15,19H,4-6,9-10H2,1-3H3. The molecule has 2 rings (SSSR count). The van der Waals surface area contributed by atoms with E-state index in [1.807, 2.05) is 13.8 Å². The van der Waals surface area contributed by atoms with Gasteiger partial charge in [0.05, 0.1) is 13.2 Å². The molecule has 4 heteroatoms. The van der Waals surface area contributed by atoms with E-state index in [2.05, 4.69) is 4.90 Å². The molecule has 0 radical (unpaired) electrons. The van der Waals surface area contributed by atoms with E-state index < -0.39 is 17.5 Å². The second kappa shape index (κ2) is 6.10. The van der Waals surface area contributed by atoms with E-state index >= 15 is 0 Å². The molecule has 1 unspecified atom stereocenters. The molecule has 1 heterocycles. The Morgan fingerprint density at radius 1 is 1.25 bits per heavy atom. The summed E-state index contributed by atoms with van der Waals surface area (Å²) in [5.74, 6) is 0.0520. The molecule has 1 aromatic rings. The Morgan fingerprint density at radius 3 is 2.45 bits per heavy atom. The van der Waals surface area contributed by atoms with Gasteiger partial charge in [-0.3, -0.25) is 4.90 Å². The molecule has 0 aromatic heterocycles. The van der Waals surface area contributed by atoms with Crippen LogP contribution >= 0.6 is 0 Å². The van der Waals surface area contributed by atoms with E-state index in [1.54, 1.807) is 12.1 Å². The second-order valence-corrected chi connectivity index (χ2v) is 5.99. The highest BCUT2D eigenvalue weighted by Crippen LogP contribution is 2.35. The largest absolute Gasteiger partial charge is 0.497 e. The Bertz CT molecular complexity index is 456. The van der Waals surface area contributed by atoms with Crippen molar-refractivity contribution in [3.05, 3.63) is 29.6 Å².